The summed E-state index contributed by atoms with van der Waals surface area (Å²) in [4.78, 5) is 23.2. The Labute approximate surface area is 244 Å². The van der Waals surface area contributed by atoms with Crippen LogP contribution in [0.1, 0.15) is 39.4 Å². The highest BCUT2D eigenvalue weighted by Crippen LogP contribution is 2.28. The van der Waals surface area contributed by atoms with Crippen molar-refractivity contribution in [1.82, 2.24) is 29.2 Å². The van der Waals surface area contributed by atoms with Gasteiger partial charge in [-0.25, -0.2) is 18.9 Å². The van der Waals surface area contributed by atoms with Crippen LogP contribution in [-0.2, 0) is 37.5 Å². The molecule has 1 N–H and O–H groups in total. The van der Waals surface area contributed by atoms with E-state index in [0.29, 0.717) is 48.5 Å². The van der Waals surface area contributed by atoms with Crippen LogP contribution >= 0.6 is 11.6 Å². The van der Waals surface area contributed by atoms with Crippen LogP contribution in [0.3, 0.4) is 0 Å². The minimum Gasteiger partial charge on any atom is -0.478 e. The summed E-state index contributed by atoms with van der Waals surface area (Å²) in [5.74, 6) is 0.435. The summed E-state index contributed by atoms with van der Waals surface area (Å²) in [5, 5.41) is 14.6. The highest BCUT2D eigenvalue weighted by Gasteiger charge is 2.27. The van der Waals surface area contributed by atoms with E-state index >= 15 is 0 Å². The molecule has 12 heteroatoms. The molecule has 3 aromatic heterocycles. The first-order valence-electron chi connectivity index (χ1n) is 13.6. The Kier molecular flexibility index (Phi) is 6.85. The molecule has 0 radical (unpaired) electrons. The Balaban J connectivity index is 1.06. The molecular weight excluding hydrogens is 563 g/mol. The lowest BCUT2D eigenvalue weighted by Crippen LogP contribution is -2.32. The van der Waals surface area contributed by atoms with Gasteiger partial charge in [0.05, 0.1) is 41.5 Å². The number of imidazole rings is 1. The molecule has 1 fully saturated rings. The van der Waals surface area contributed by atoms with Crippen LogP contribution < -0.4 is 4.74 Å². The number of hydrogen-bond donors (Lipinski definition) is 1. The zero-order valence-electron chi connectivity index (χ0n) is 22.4. The average Bonchev–Trinajstić information content (AvgIpc) is 3.61. The van der Waals surface area contributed by atoms with Gasteiger partial charge in [0.1, 0.15) is 18.2 Å². The van der Waals surface area contributed by atoms with Crippen molar-refractivity contribution in [2.24, 2.45) is 0 Å². The van der Waals surface area contributed by atoms with Gasteiger partial charge in [-0.3, -0.25) is 4.90 Å². The van der Waals surface area contributed by atoms with Crippen molar-refractivity contribution in [3.05, 3.63) is 99.8 Å². The summed E-state index contributed by atoms with van der Waals surface area (Å²) in [6, 6.07) is 14.9. The molecule has 10 nitrogen and oxygen atoms in total. The number of rotatable bonds is 9. The van der Waals surface area contributed by atoms with Crippen molar-refractivity contribution in [1.29, 1.82) is 0 Å². The van der Waals surface area contributed by atoms with E-state index in [1.54, 1.807) is 41.1 Å². The fraction of sp³-hybridized carbons (Fsp3) is 0.267. The van der Waals surface area contributed by atoms with Crippen LogP contribution in [0.25, 0.3) is 16.9 Å². The second-order valence-corrected chi connectivity index (χ2v) is 10.9. The summed E-state index contributed by atoms with van der Waals surface area (Å²) in [7, 11) is 0. The Morgan fingerprint density at radius 3 is 2.79 bits per heavy atom. The SMILES string of the molecule is O=C(O)c1ccc2nc(CN3Cc4cn(-c5cccc(OCc6ccc(Cl)cc6F)n5)nc4C3)n(C[C@@H]3CCO3)c2c1. The largest absolute Gasteiger partial charge is 0.478 e. The Bertz CT molecular complexity index is 1790. The van der Waals surface area contributed by atoms with E-state index < -0.39 is 11.8 Å². The smallest absolute Gasteiger partial charge is 0.335 e. The van der Waals surface area contributed by atoms with Crippen LogP contribution in [0.5, 0.6) is 5.88 Å². The van der Waals surface area contributed by atoms with Crippen LogP contribution in [0.4, 0.5) is 4.39 Å². The van der Waals surface area contributed by atoms with Gasteiger partial charge in [-0.05, 0) is 42.8 Å². The summed E-state index contributed by atoms with van der Waals surface area (Å²) >= 11 is 5.83. The van der Waals surface area contributed by atoms with Gasteiger partial charge in [0.2, 0.25) is 5.88 Å². The Morgan fingerprint density at radius 1 is 1.14 bits per heavy atom. The van der Waals surface area contributed by atoms with E-state index in [1.807, 2.05) is 18.3 Å². The number of carbonyl (C=O) groups is 1. The van der Waals surface area contributed by atoms with E-state index in [2.05, 4.69) is 14.5 Å². The lowest BCUT2D eigenvalue weighted by molar-refractivity contribution is -0.0592. The molecule has 214 valence electrons. The number of carboxylic acids is 1. The lowest BCUT2D eigenvalue weighted by Gasteiger charge is -2.28. The first-order chi connectivity index (χ1) is 20.4. The number of aromatic nitrogens is 5. The number of fused-ring (bicyclic) bond motifs is 2. The summed E-state index contributed by atoms with van der Waals surface area (Å²) in [6.45, 7) is 3.31. The molecule has 1 saturated heterocycles. The number of nitrogens with zero attached hydrogens (tertiary/aromatic N) is 6. The molecule has 42 heavy (non-hydrogen) atoms. The van der Waals surface area contributed by atoms with Crippen molar-refractivity contribution in [2.75, 3.05) is 6.61 Å². The lowest BCUT2D eigenvalue weighted by atomic mass is 10.1. The van der Waals surface area contributed by atoms with Crippen LogP contribution in [0, 0.1) is 5.82 Å². The number of carboxylic acid groups (broad SMARTS) is 1. The number of benzene rings is 2. The zero-order chi connectivity index (χ0) is 28.8. The number of pyridine rings is 1. The van der Waals surface area contributed by atoms with Crippen LogP contribution in [0.2, 0.25) is 5.02 Å². The van der Waals surface area contributed by atoms with Gasteiger partial charge < -0.3 is 19.1 Å². The predicted octanol–water partition coefficient (Wildman–Crippen LogP) is 4.99. The van der Waals surface area contributed by atoms with Crippen molar-refractivity contribution in [3.63, 3.8) is 0 Å². The summed E-state index contributed by atoms with van der Waals surface area (Å²) < 4.78 is 29.4. The molecule has 0 saturated carbocycles. The second-order valence-electron chi connectivity index (χ2n) is 10.5. The van der Waals surface area contributed by atoms with Crippen molar-refractivity contribution in [2.45, 2.75) is 45.3 Å². The van der Waals surface area contributed by atoms with Crippen LogP contribution in [0.15, 0.2) is 60.8 Å². The fourth-order valence-electron chi connectivity index (χ4n) is 5.31. The maximum atomic E-state index is 14.1. The van der Waals surface area contributed by atoms with Crippen molar-refractivity contribution in [3.8, 4) is 11.7 Å². The molecule has 2 aromatic carbocycles. The van der Waals surface area contributed by atoms with Gasteiger partial charge in [0, 0.05) is 48.1 Å². The molecule has 0 spiro atoms. The van der Waals surface area contributed by atoms with E-state index in [-0.39, 0.29) is 18.3 Å². The Morgan fingerprint density at radius 2 is 2.02 bits per heavy atom. The molecule has 1 atom stereocenters. The molecular formula is C30H26ClFN6O4. The molecule has 0 bridgehead atoms. The molecule has 2 aliphatic heterocycles. The van der Waals surface area contributed by atoms with Gasteiger partial charge in [0.15, 0.2) is 5.82 Å². The maximum absolute atomic E-state index is 14.1. The van der Waals surface area contributed by atoms with Crippen molar-refractivity contribution >= 4 is 28.6 Å². The van der Waals surface area contributed by atoms with Crippen LogP contribution in [-0.4, -0.2) is 53.0 Å². The molecule has 2 aliphatic rings. The molecule has 7 rings (SSSR count). The second kappa shape index (κ2) is 10.8. The third-order valence-electron chi connectivity index (χ3n) is 7.60. The number of aromatic carboxylic acids is 1. The standard InChI is InChI=1S/C30H26ClFN6O4/c31-21-6-4-19(23(32)11-21)17-42-29-3-1-2-27(34-29)38-13-20-12-36(15-25(20)35-38)16-28-33-24-7-5-18(30(39)40)10-26(24)37(28)14-22-8-9-41-22/h1-7,10-11,13,22H,8-9,12,14-17H2,(H,39,40)/t22-/m0/s1. The molecule has 0 aliphatic carbocycles. The number of ether oxygens (including phenoxy) is 2. The normalized spacial score (nSPS) is 16.5. The Hall–Kier alpha value is -4.32. The monoisotopic (exact) mass is 588 g/mol. The predicted molar refractivity (Wildman–Crippen MR) is 151 cm³/mol. The molecule has 0 unspecified atom stereocenters. The topological polar surface area (TPSA) is 108 Å². The van der Waals surface area contributed by atoms with Gasteiger partial charge >= 0.3 is 5.97 Å². The third kappa shape index (κ3) is 5.22. The van der Waals surface area contributed by atoms with Gasteiger partial charge in [-0.15, -0.1) is 0 Å². The van der Waals surface area contributed by atoms with Gasteiger partial charge in [-0.1, -0.05) is 23.7 Å². The highest BCUT2D eigenvalue weighted by atomic mass is 35.5. The van der Waals surface area contributed by atoms with E-state index in [1.165, 1.54) is 6.07 Å². The zero-order valence-corrected chi connectivity index (χ0v) is 23.2. The fourth-order valence-corrected chi connectivity index (χ4v) is 5.47. The molecule has 5 heterocycles. The summed E-state index contributed by atoms with van der Waals surface area (Å²) in [6.07, 6.45) is 3.04. The van der Waals surface area contributed by atoms with Gasteiger partial charge in [0.25, 0.3) is 0 Å². The minimum atomic E-state index is -0.963. The van der Waals surface area contributed by atoms with E-state index in [9.17, 15) is 14.3 Å². The quantitative estimate of drug-likeness (QED) is 0.257. The molecule has 5 aromatic rings. The summed E-state index contributed by atoms with van der Waals surface area (Å²) in [5.41, 5.74) is 4.23. The van der Waals surface area contributed by atoms with E-state index in [0.717, 1.165) is 41.1 Å². The van der Waals surface area contributed by atoms with E-state index in [4.69, 9.17) is 31.2 Å². The third-order valence-corrected chi connectivity index (χ3v) is 7.83. The van der Waals surface area contributed by atoms with Crippen molar-refractivity contribution < 1.29 is 23.8 Å². The maximum Gasteiger partial charge on any atom is 0.335 e. The first kappa shape index (κ1) is 26.6. The number of hydrogen-bond acceptors (Lipinski definition) is 7. The molecule has 0 amide bonds. The highest BCUT2D eigenvalue weighted by molar-refractivity contribution is 6.30. The first-order valence-corrected chi connectivity index (χ1v) is 14.0. The minimum absolute atomic E-state index is 0.0271. The average molecular weight is 589 g/mol. The van der Waals surface area contributed by atoms with Gasteiger partial charge in [-0.2, -0.15) is 10.1 Å². The number of halogens is 2.